The van der Waals surface area contributed by atoms with E-state index in [0.717, 1.165) is 34.1 Å². The summed E-state index contributed by atoms with van der Waals surface area (Å²) in [6.45, 7) is 13.8. The fraction of sp³-hybridized carbons (Fsp3) is 0.158. The Bertz CT molecular complexity index is 2790. The smallest absolute Gasteiger partial charge is 0.132 e. The topological polar surface area (TPSA) is 12.5 Å². The molecular formula is C57H49NO. The van der Waals surface area contributed by atoms with E-state index in [4.69, 9.17) is 4.74 Å². The van der Waals surface area contributed by atoms with Gasteiger partial charge in [-0.1, -0.05) is 169 Å². The van der Waals surface area contributed by atoms with Gasteiger partial charge in [-0.05, 0) is 122 Å². The van der Waals surface area contributed by atoms with E-state index in [1.165, 1.54) is 61.2 Å². The summed E-state index contributed by atoms with van der Waals surface area (Å²) >= 11 is 0. The summed E-state index contributed by atoms with van der Waals surface area (Å²) in [6.07, 6.45) is 0. The highest BCUT2D eigenvalue weighted by atomic mass is 16.5. The largest absolute Gasteiger partial charge is 0.457 e. The van der Waals surface area contributed by atoms with Crippen molar-refractivity contribution in [3.05, 3.63) is 221 Å². The first-order valence-electron chi connectivity index (χ1n) is 20.8. The van der Waals surface area contributed by atoms with E-state index < -0.39 is 5.41 Å². The minimum atomic E-state index is -0.602. The lowest BCUT2D eigenvalue weighted by Crippen LogP contribution is -2.33. The molecule has 2 nitrogen and oxygen atoms in total. The molecule has 0 radical (unpaired) electrons. The number of benzene rings is 8. The van der Waals surface area contributed by atoms with Crippen molar-refractivity contribution in [1.29, 1.82) is 0 Å². The monoisotopic (exact) mass is 763 g/mol. The molecule has 1 spiro atoms. The lowest BCUT2D eigenvalue weighted by Gasteiger charge is -2.41. The van der Waals surface area contributed by atoms with Crippen LogP contribution >= 0.6 is 0 Å². The summed E-state index contributed by atoms with van der Waals surface area (Å²) in [4.78, 5) is 2.39. The van der Waals surface area contributed by atoms with Gasteiger partial charge in [-0.15, -0.1) is 0 Å². The average molecular weight is 764 g/mol. The third kappa shape index (κ3) is 6.00. The van der Waals surface area contributed by atoms with Crippen molar-refractivity contribution in [3.8, 4) is 44.9 Å². The van der Waals surface area contributed by atoms with E-state index in [9.17, 15) is 0 Å². The molecule has 1 aliphatic carbocycles. The second kappa shape index (κ2) is 13.7. The summed E-state index contributed by atoms with van der Waals surface area (Å²) in [6, 6.07) is 69.2. The maximum atomic E-state index is 6.92. The van der Waals surface area contributed by atoms with Gasteiger partial charge in [-0.3, -0.25) is 0 Å². The molecule has 8 aromatic rings. The standard InChI is InChI=1S/C57H49NO/c1-55(2,3)41-28-33-53-50(36-41)57(51-37-42(56(4,5)6)29-34-54(51)59-53)48-23-15-13-22-46(48)47-32-27-40(35-49(47)57)45-21-14-16-24-52(45)58(43-19-11-8-12-20-43)44-30-25-39(26-31-44)38-17-9-7-10-18-38/h7-37H,1-6H3. The highest BCUT2D eigenvalue weighted by Gasteiger charge is 2.52. The van der Waals surface area contributed by atoms with Crippen LogP contribution in [-0.2, 0) is 16.2 Å². The third-order valence-corrected chi connectivity index (χ3v) is 12.5. The number of ether oxygens (including phenoxy) is 1. The number of hydrogen-bond donors (Lipinski definition) is 0. The Morgan fingerprint density at radius 3 is 1.49 bits per heavy atom. The quantitative estimate of drug-likeness (QED) is 0.173. The van der Waals surface area contributed by atoms with Crippen molar-refractivity contribution >= 4 is 17.1 Å². The fourth-order valence-electron chi connectivity index (χ4n) is 9.40. The number of rotatable bonds is 5. The van der Waals surface area contributed by atoms with Crippen molar-refractivity contribution in [1.82, 2.24) is 0 Å². The zero-order chi connectivity index (χ0) is 40.5. The molecule has 10 rings (SSSR count). The molecule has 2 heteroatoms. The van der Waals surface area contributed by atoms with Crippen LogP contribution in [-0.4, -0.2) is 0 Å². The minimum Gasteiger partial charge on any atom is -0.457 e. The average Bonchev–Trinajstić information content (AvgIpc) is 3.54. The zero-order valence-electron chi connectivity index (χ0n) is 34.8. The molecule has 1 heterocycles. The van der Waals surface area contributed by atoms with Crippen molar-refractivity contribution in [3.63, 3.8) is 0 Å². The Labute approximate surface area is 349 Å². The Morgan fingerprint density at radius 2 is 0.864 bits per heavy atom. The van der Waals surface area contributed by atoms with Crippen LogP contribution in [0.3, 0.4) is 0 Å². The molecular weight excluding hydrogens is 715 g/mol. The molecule has 1 aliphatic heterocycles. The molecule has 0 saturated carbocycles. The van der Waals surface area contributed by atoms with Crippen LogP contribution in [0.2, 0.25) is 0 Å². The summed E-state index contributed by atoms with van der Waals surface area (Å²) in [5.74, 6) is 1.83. The molecule has 0 aromatic heterocycles. The fourth-order valence-corrected chi connectivity index (χ4v) is 9.40. The first kappa shape index (κ1) is 36.7. The summed E-state index contributed by atoms with van der Waals surface area (Å²) in [7, 11) is 0. The SMILES string of the molecule is CC(C)(C)c1ccc2c(c1)C1(c3cc(C(C)(C)C)ccc3O2)c2ccccc2-c2ccc(-c3ccccc3N(c3ccccc3)c3ccc(-c4ccccc4)cc3)cc21. The molecule has 8 aromatic carbocycles. The van der Waals surface area contributed by atoms with Gasteiger partial charge < -0.3 is 9.64 Å². The second-order valence-corrected chi connectivity index (χ2v) is 18.2. The van der Waals surface area contributed by atoms with Gasteiger partial charge in [0.15, 0.2) is 0 Å². The molecule has 0 N–H and O–H groups in total. The molecule has 0 unspecified atom stereocenters. The predicted octanol–water partition coefficient (Wildman–Crippen LogP) is 15.6. The highest BCUT2D eigenvalue weighted by Crippen LogP contribution is 2.63. The van der Waals surface area contributed by atoms with Crippen molar-refractivity contribution in [2.75, 3.05) is 4.90 Å². The van der Waals surface area contributed by atoms with Crippen molar-refractivity contribution in [2.45, 2.75) is 57.8 Å². The Morgan fingerprint density at radius 1 is 0.373 bits per heavy atom. The van der Waals surface area contributed by atoms with Gasteiger partial charge in [0.1, 0.15) is 11.5 Å². The Hall–Kier alpha value is -6.64. The lowest BCUT2D eigenvalue weighted by molar-refractivity contribution is 0.433. The molecule has 59 heavy (non-hydrogen) atoms. The van der Waals surface area contributed by atoms with E-state index in [0.29, 0.717) is 0 Å². The lowest BCUT2D eigenvalue weighted by atomic mass is 9.64. The molecule has 0 atom stereocenters. The highest BCUT2D eigenvalue weighted by molar-refractivity contribution is 5.93. The van der Waals surface area contributed by atoms with E-state index in [2.05, 4.69) is 234 Å². The Balaban J connectivity index is 1.22. The predicted molar refractivity (Wildman–Crippen MR) is 247 cm³/mol. The second-order valence-electron chi connectivity index (χ2n) is 18.2. The van der Waals surface area contributed by atoms with Crippen LogP contribution in [0.25, 0.3) is 33.4 Å². The molecule has 0 fully saturated rings. The maximum absolute atomic E-state index is 6.92. The third-order valence-electron chi connectivity index (χ3n) is 12.5. The normalized spacial score (nSPS) is 13.5. The van der Waals surface area contributed by atoms with Crippen LogP contribution in [0.15, 0.2) is 188 Å². The summed E-state index contributed by atoms with van der Waals surface area (Å²) in [5.41, 5.74) is 17.5. The number of fused-ring (bicyclic) bond motifs is 9. The molecule has 288 valence electrons. The number of hydrogen-bond acceptors (Lipinski definition) is 2. The van der Waals surface area contributed by atoms with Gasteiger partial charge >= 0.3 is 0 Å². The number of para-hydroxylation sites is 2. The van der Waals surface area contributed by atoms with Gasteiger partial charge in [-0.25, -0.2) is 0 Å². The number of anilines is 3. The van der Waals surface area contributed by atoms with Gasteiger partial charge in [-0.2, -0.15) is 0 Å². The summed E-state index contributed by atoms with van der Waals surface area (Å²) in [5, 5.41) is 0. The van der Waals surface area contributed by atoms with Crippen LogP contribution in [0.1, 0.15) is 74.9 Å². The molecule has 0 saturated heterocycles. The van der Waals surface area contributed by atoms with Crippen molar-refractivity contribution in [2.24, 2.45) is 0 Å². The Kier molecular flexibility index (Phi) is 8.54. The van der Waals surface area contributed by atoms with Gasteiger partial charge in [0.05, 0.1) is 11.1 Å². The van der Waals surface area contributed by atoms with Gasteiger partial charge in [0.2, 0.25) is 0 Å². The van der Waals surface area contributed by atoms with E-state index in [1.807, 2.05) is 0 Å². The van der Waals surface area contributed by atoms with Crippen LogP contribution in [0.4, 0.5) is 17.1 Å². The first-order chi connectivity index (χ1) is 28.5. The minimum absolute atomic E-state index is 0.0499. The molecule has 0 bridgehead atoms. The van der Waals surface area contributed by atoms with Gasteiger partial charge in [0.25, 0.3) is 0 Å². The van der Waals surface area contributed by atoms with Crippen LogP contribution < -0.4 is 9.64 Å². The van der Waals surface area contributed by atoms with E-state index >= 15 is 0 Å². The maximum Gasteiger partial charge on any atom is 0.132 e. The van der Waals surface area contributed by atoms with Gasteiger partial charge in [0, 0.05) is 28.1 Å². The van der Waals surface area contributed by atoms with E-state index in [-0.39, 0.29) is 10.8 Å². The van der Waals surface area contributed by atoms with Crippen LogP contribution in [0, 0.1) is 0 Å². The first-order valence-corrected chi connectivity index (χ1v) is 20.8. The number of nitrogens with zero attached hydrogens (tertiary/aromatic N) is 1. The molecule has 2 aliphatic rings. The van der Waals surface area contributed by atoms with E-state index in [1.54, 1.807) is 0 Å². The molecule has 0 amide bonds. The summed E-state index contributed by atoms with van der Waals surface area (Å²) < 4.78 is 6.92. The van der Waals surface area contributed by atoms with Crippen molar-refractivity contribution < 1.29 is 4.74 Å². The zero-order valence-corrected chi connectivity index (χ0v) is 34.8. The van der Waals surface area contributed by atoms with Crippen LogP contribution in [0.5, 0.6) is 11.5 Å².